The molecule has 3 heterocycles. The van der Waals surface area contributed by atoms with E-state index >= 15 is 0 Å². The molecule has 11 heteroatoms. The summed E-state index contributed by atoms with van der Waals surface area (Å²) in [5.41, 5.74) is 7.64. The van der Waals surface area contributed by atoms with E-state index in [-0.39, 0.29) is 18.7 Å². The molecular weight excluding hydrogens is 538 g/mol. The molecule has 11 nitrogen and oxygen atoms in total. The monoisotopic (exact) mass is 575 g/mol. The Labute approximate surface area is 244 Å². The van der Waals surface area contributed by atoms with Crippen LogP contribution in [0.15, 0.2) is 78.9 Å². The molecule has 6 atom stereocenters. The van der Waals surface area contributed by atoms with Crippen molar-refractivity contribution in [3.8, 4) is 11.5 Å². The van der Waals surface area contributed by atoms with Gasteiger partial charge in [0, 0.05) is 6.42 Å². The van der Waals surface area contributed by atoms with E-state index in [4.69, 9.17) is 24.7 Å². The van der Waals surface area contributed by atoms with E-state index in [0.29, 0.717) is 13.1 Å². The van der Waals surface area contributed by atoms with Gasteiger partial charge in [0.2, 0.25) is 5.91 Å². The Balaban J connectivity index is 1.31. The first-order chi connectivity index (χ1) is 20.4. The normalized spacial score (nSPS) is 27.9. The Morgan fingerprint density at radius 3 is 2.14 bits per heavy atom. The first-order valence-corrected chi connectivity index (χ1v) is 14.1. The van der Waals surface area contributed by atoms with Crippen LogP contribution in [0.3, 0.4) is 0 Å². The fourth-order valence-electron chi connectivity index (χ4n) is 6.13. The van der Waals surface area contributed by atoms with Gasteiger partial charge in [0.25, 0.3) is 0 Å². The first-order valence-electron chi connectivity index (χ1n) is 14.1. The van der Waals surface area contributed by atoms with E-state index in [0.717, 1.165) is 28.2 Å². The zero-order valence-corrected chi connectivity index (χ0v) is 23.6. The van der Waals surface area contributed by atoms with Crippen molar-refractivity contribution in [2.45, 2.75) is 49.0 Å². The SMILES string of the molecule is COc1ccc(C(OCC2OC(N3CNC4C(=O)NC(N)NC43)CC2O)(c2ccccc2)c2ccc(OC)cc2)cc1. The minimum Gasteiger partial charge on any atom is -0.497 e. The number of carbonyl (C=O) groups excluding carboxylic acids is 1. The largest absolute Gasteiger partial charge is 0.497 e. The van der Waals surface area contributed by atoms with Gasteiger partial charge in [0.1, 0.15) is 41.8 Å². The quantitative estimate of drug-likeness (QED) is 0.235. The molecule has 222 valence electrons. The maximum Gasteiger partial charge on any atom is 0.242 e. The van der Waals surface area contributed by atoms with Crippen LogP contribution < -0.4 is 31.2 Å². The molecule has 3 aromatic carbocycles. The van der Waals surface area contributed by atoms with Gasteiger partial charge in [-0.25, -0.2) is 4.90 Å². The van der Waals surface area contributed by atoms with E-state index in [2.05, 4.69) is 16.0 Å². The van der Waals surface area contributed by atoms with Gasteiger partial charge in [-0.3, -0.25) is 21.2 Å². The zero-order valence-electron chi connectivity index (χ0n) is 23.6. The third kappa shape index (κ3) is 5.25. The molecule has 0 spiro atoms. The van der Waals surface area contributed by atoms with Gasteiger partial charge < -0.3 is 29.4 Å². The van der Waals surface area contributed by atoms with Crippen LogP contribution in [0.1, 0.15) is 23.1 Å². The summed E-state index contributed by atoms with van der Waals surface area (Å²) in [6, 6.07) is 25.1. The molecule has 42 heavy (non-hydrogen) atoms. The van der Waals surface area contributed by atoms with Crippen molar-refractivity contribution < 1.29 is 28.8 Å². The summed E-state index contributed by atoms with van der Waals surface area (Å²) in [6.45, 7) is 0.520. The highest BCUT2D eigenvalue weighted by Gasteiger charge is 2.49. The number of carbonyl (C=O) groups is 1. The molecule has 1 amide bonds. The molecule has 6 unspecified atom stereocenters. The van der Waals surface area contributed by atoms with Gasteiger partial charge in [-0.05, 0) is 41.0 Å². The van der Waals surface area contributed by atoms with Crippen LogP contribution in [-0.2, 0) is 19.9 Å². The predicted octanol–water partition coefficient (Wildman–Crippen LogP) is 1.01. The fraction of sp³-hybridized carbons (Fsp3) is 0.387. The molecule has 6 rings (SSSR count). The second-order valence-corrected chi connectivity index (χ2v) is 10.7. The van der Waals surface area contributed by atoms with E-state index in [9.17, 15) is 9.90 Å². The molecular formula is C31H37N5O6. The van der Waals surface area contributed by atoms with Crippen LogP contribution in [0.25, 0.3) is 0 Å². The topological polar surface area (TPSA) is 140 Å². The Morgan fingerprint density at radius 2 is 1.55 bits per heavy atom. The van der Waals surface area contributed by atoms with Crippen molar-refractivity contribution in [3.63, 3.8) is 0 Å². The first kappa shape index (κ1) is 28.6. The molecule has 3 fully saturated rings. The minimum atomic E-state index is -1.03. The van der Waals surface area contributed by atoms with Gasteiger partial charge in [0.05, 0.1) is 39.8 Å². The lowest BCUT2D eigenvalue weighted by molar-refractivity contribution is -0.132. The lowest BCUT2D eigenvalue weighted by Crippen LogP contribution is -2.70. The van der Waals surface area contributed by atoms with E-state index in [1.165, 1.54) is 0 Å². The third-order valence-electron chi connectivity index (χ3n) is 8.31. The second kappa shape index (κ2) is 12.0. The number of hydrogen-bond donors (Lipinski definition) is 5. The van der Waals surface area contributed by atoms with Crippen molar-refractivity contribution >= 4 is 5.91 Å². The summed E-state index contributed by atoms with van der Waals surface area (Å²) in [7, 11) is 3.27. The van der Waals surface area contributed by atoms with E-state index in [1.807, 2.05) is 83.8 Å². The van der Waals surface area contributed by atoms with Crippen LogP contribution in [0.5, 0.6) is 11.5 Å². The van der Waals surface area contributed by atoms with Gasteiger partial charge in [-0.2, -0.15) is 0 Å². The number of amides is 1. The Hall–Kier alpha value is -3.55. The van der Waals surface area contributed by atoms with E-state index < -0.39 is 36.4 Å². The van der Waals surface area contributed by atoms with Crippen molar-refractivity contribution in [1.29, 1.82) is 0 Å². The second-order valence-electron chi connectivity index (χ2n) is 10.7. The predicted molar refractivity (Wildman–Crippen MR) is 154 cm³/mol. The third-order valence-corrected chi connectivity index (χ3v) is 8.31. The number of benzene rings is 3. The molecule has 0 aliphatic carbocycles. The molecule has 3 aromatic rings. The number of methoxy groups -OCH3 is 2. The molecule has 6 N–H and O–H groups in total. The Kier molecular flexibility index (Phi) is 8.15. The average Bonchev–Trinajstić information content (AvgIpc) is 3.61. The maximum atomic E-state index is 12.4. The van der Waals surface area contributed by atoms with Gasteiger partial charge >= 0.3 is 0 Å². The molecule has 3 aliphatic rings. The summed E-state index contributed by atoms with van der Waals surface area (Å²) in [6.07, 6.45) is -2.48. The van der Waals surface area contributed by atoms with Crippen molar-refractivity contribution in [2.75, 3.05) is 27.5 Å². The van der Waals surface area contributed by atoms with Crippen LogP contribution in [-0.4, -0.2) is 80.3 Å². The number of nitrogens with zero attached hydrogens (tertiary/aromatic N) is 1. The fourth-order valence-corrected chi connectivity index (χ4v) is 6.13. The zero-order chi connectivity index (χ0) is 29.3. The highest BCUT2D eigenvalue weighted by molar-refractivity contribution is 5.84. The Morgan fingerprint density at radius 1 is 0.952 bits per heavy atom. The van der Waals surface area contributed by atoms with E-state index in [1.54, 1.807) is 14.2 Å². The number of nitrogens with one attached hydrogen (secondary N) is 3. The van der Waals surface area contributed by atoms with Gasteiger partial charge in [-0.1, -0.05) is 54.6 Å². The van der Waals surface area contributed by atoms with Crippen LogP contribution in [0.4, 0.5) is 0 Å². The highest BCUT2D eigenvalue weighted by Crippen LogP contribution is 2.42. The molecule has 0 aromatic heterocycles. The summed E-state index contributed by atoms with van der Waals surface area (Å²) in [5, 5.41) is 20.3. The highest BCUT2D eigenvalue weighted by atomic mass is 16.6. The summed E-state index contributed by atoms with van der Waals surface area (Å²) < 4.78 is 24.2. The van der Waals surface area contributed by atoms with Gasteiger partial charge in [-0.15, -0.1) is 0 Å². The van der Waals surface area contributed by atoms with Crippen LogP contribution in [0, 0.1) is 0 Å². The lowest BCUT2D eigenvalue weighted by atomic mass is 9.80. The smallest absolute Gasteiger partial charge is 0.242 e. The molecule has 3 aliphatic heterocycles. The maximum absolute atomic E-state index is 12.4. The number of fused-ring (bicyclic) bond motifs is 1. The van der Waals surface area contributed by atoms with Crippen LogP contribution in [0.2, 0.25) is 0 Å². The lowest BCUT2D eigenvalue weighted by Gasteiger charge is -2.38. The van der Waals surface area contributed by atoms with Gasteiger partial charge in [0.15, 0.2) is 0 Å². The molecule has 0 saturated carbocycles. The summed E-state index contributed by atoms with van der Waals surface area (Å²) in [5.74, 6) is 1.30. The molecule has 0 radical (unpaired) electrons. The molecule has 3 saturated heterocycles. The standard InChI is InChI=1S/C31H37N5O6/c1-39-22-12-8-20(9-13-22)31(19-6-4-3-5-7-19,21-10-14-23(40-2)15-11-21)41-17-25-24(37)16-26(42-25)36-18-33-27-28(36)34-30(32)35-29(27)38/h3-15,24-28,30,33-34,37H,16-18,32H2,1-2H3,(H,35,38). The number of ether oxygens (including phenoxy) is 4. The van der Waals surface area contributed by atoms with Crippen molar-refractivity contribution in [2.24, 2.45) is 5.73 Å². The molecule has 0 bridgehead atoms. The number of hydrogen-bond acceptors (Lipinski definition) is 10. The number of nitrogens with two attached hydrogens (primary N) is 1. The minimum absolute atomic E-state index is 0.105. The summed E-state index contributed by atoms with van der Waals surface area (Å²) >= 11 is 0. The van der Waals surface area contributed by atoms with Crippen molar-refractivity contribution in [1.82, 2.24) is 20.9 Å². The Bertz CT molecular complexity index is 1310. The number of aliphatic hydroxyl groups excluding tert-OH is 1. The number of aliphatic hydroxyl groups is 1. The van der Waals surface area contributed by atoms with Crippen LogP contribution >= 0.6 is 0 Å². The summed E-state index contributed by atoms with van der Waals surface area (Å²) in [4.78, 5) is 14.4. The number of rotatable bonds is 9. The average molecular weight is 576 g/mol. The van der Waals surface area contributed by atoms with Crippen molar-refractivity contribution in [3.05, 3.63) is 95.6 Å².